The number of ketones is 1. The number of thiazole rings is 1. The topological polar surface area (TPSA) is 60.7 Å². The molecule has 1 aromatic heterocycles. The van der Waals surface area contributed by atoms with E-state index in [2.05, 4.69) is 0 Å². The largest absolute Gasteiger partial charge is 0.497 e. The van der Waals surface area contributed by atoms with E-state index < -0.39 is 6.04 Å². The van der Waals surface area contributed by atoms with Crippen LogP contribution in [0.1, 0.15) is 42.0 Å². The number of aromatic nitrogens is 1. The Labute approximate surface area is 183 Å². The number of benzene rings is 2. The van der Waals surface area contributed by atoms with Crippen LogP contribution in [-0.2, 0) is 4.79 Å². The summed E-state index contributed by atoms with van der Waals surface area (Å²) in [6, 6.07) is 15.2. The summed E-state index contributed by atoms with van der Waals surface area (Å²) in [6.07, 6.45) is 3.97. The van der Waals surface area contributed by atoms with E-state index in [1.54, 1.807) is 11.7 Å². The second kappa shape index (κ2) is 7.78. The van der Waals surface area contributed by atoms with Gasteiger partial charge in [-0.3, -0.25) is 14.2 Å². The highest BCUT2D eigenvalue weighted by atomic mass is 32.1. The van der Waals surface area contributed by atoms with Crippen molar-refractivity contribution in [2.75, 3.05) is 7.11 Å². The molecular formula is C25H22N2O3S. The minimum atomic E-state index is -0.454. The van der Waals surface area contributed by atoms with E-state index in [0.29, 0.717) is 21.3 Å². The summed E-state index contributed by atoms with van der Waals surface area (Å²) < 4.78 is 7.60. The Morgan fingerprint density at radius 3 is 2.68 bits per heavy atom. The van der Waals surface area contributed by atoms with Gasteiger partial charge in [0.25, 0.3) is 5.56 Å². The number of methoxy groups -OCH3 is 1. The molecule has 0 saturated carbocycles. The van der Waals surface area contributed by atoms with Crippen LogP contribution >= 0.6 is 11.3 Å². The molecule has 1 aliphatic carbocycles. The van der Waals surface area contributed by atoms with Crippen LogP contribution in [-0.4, -0.2) is 17.5 Å². The Bertz CT molecular complexity index is 1390. The maximum absolute atomic E-state index is 13.5. The third-order valence-corrected chi connectivity index (χ3v) is 6.78. The average molecular weight is 431 g/mol. The Balaban J connectivity index is 1.74. The molecule has 1 unspecified atom stereocenters. The zero-order valence-corrected chi connectivity index (χ0v) is 18.2. The van der Waals surface area contributed by atoms with Gasteiger partial charge in [-0.05, 0) is 49.1 Å². The van der Waals surface area contributed by atoms with Gasteiger partial charge in [-0.15, -0.1) is 0 Å². The van der Waals surface area contributed by atoms with Gasteiger partial charge in [-0.2, -0.15) is 0 Å². The lowest BCUT2D eigenvalue weighted by atomic mass is 9.86. The monoisotopic (exact) mass is 430 g/mol. The number of Topliss-reactive ketones (excluding diaryl/α,β-unsaturated/α-hetero) is 1. The van der Waals surface area contributed by atoms with E-state index >= 15 is 0 Å². The number of carbonyl (C=O) groups excluding carboxylic acids is 1. The summed E-state index contributed by atoms with van der Waals surface area (Å²) in [6.45, 7) is 2.03. The van der Waals surface area contributed by atoms with Gasteiger partial charge in [0.2, 0.25) is 0 Å². The van der Waals surface area contributed by atoms with Crippen molar-refractivity contribution in [2.45, 2.75) is 32.2 Å². The number of fused-ring (bicyclic) bond motifs is 1. The van der Waals surface area contributed by atoms with Gasteiger partial charge in [0, 0.05) is 12.0 Å². The number of allylic oxidation sites excluding steroid dienone is 2. The number of ether oxygens (including phenoxy) is 1. The molecule has 156 valence electrons. The molecule has 1 aliphatic heterocycles. The summed E-state index contributed by atoms with van der Waals surface area (Å²) in [5.74, 6) is 0.818. The fraction of sp³-hybridized carbons (Fsp3) is 0.240. The normalized spacial score (nSPS) is 18.5. The number of aryl methyl sites for hydroxylation is 1. The van der Waals surface area contributed by atoms with Crippen molar-refractivity contribution in [3.05, 3.63) is 96.2 Å². The molecular weight excluding hydrogens is 408 g/mol. The van der Waals surface area contributed by atoms with Crippen molar-refractivity contribution < 1.29 is 9.53 Å². The Hall–Kier alpha value is -3.25. The van der Waals surface area contributed by atoms with Crippen LogP contribution in [0, 0.1) is 6.92 Å². The van der Waals surface area contributed by atoms with Crippen molar-refractivity contribution >= 4 is 23.2 Å². The molecule has 2 aromatic carbocycles. The lowest BCUT2D eigenvalue weighted by molar-refractivity contribution is -0.116. The highest BCUT2D eigenvalue weighted by Gasteiger charge is 2.34. The SMILES string of the molecule is COc1ccc(C2C3=C(CCCC3=O)N=c3sc(=Cc4cccc(C)c4)c(=O)n32)cc1. The average Bonchev–Trinajstić information content (AvgIpc) is 3.07. The van der Waals surface area contributed by atoms with E-state index in [1.165, 1.54) is 11.3 Å². The van der Waals surface area contributed by atoms with Crippen LogP contribution in [0.5, 0.6) is 5.75 Å². The summed E-state index contributed by atoms with van der Waals surface area (Å²) in [5, 5.41) is 0. The minimum Gasteiger partial charge on any atom is -0.497 e. The number of carbonyl (C=O) groups is 1. The van der Waals surface area contributed by atoms with Gasteiger partial charge in [-0.25, -0.2) is 4.99 Å². The highest BCUT2D eigenvalue weighted by Crippen LogP contribution is 2.36. The van der Waals surface area contributed by atoms with Gasteiger partial charge in [-0.1, -0.05) is 53.3 Å². The van der Waals surface area contributed by atoms with Crippen molar-refractivity contribution in [1.29, 1.82) is 0 Å². The molecule has 6 heteroatoms. The van der Waals surface area contributed by atoms with E-state index in [4.69, 9.17) is 9.73 Å². The van der Waals surface area contributed by atoms with Gasteiger partial charge in [0.1, 0.15) is 5.75 Å². The molecule has 0 saturated heterocycles. The van der Waals surface area contributed by atoms with Gasteiger partial charge >= 0.3 is 0 Å². The first-order valence-electron chi connectivity index (χ1n) is 10.3. The number of nitrogens with zero attached hydrogens (tertiary/aromatic N) is 2. The van der Waals surface area contributed by atoms with Crippen LogP contribution in [0.25, 0.3) is 6.08 Å². The second-order valence-corrected chi connectivity index (χ2v) is 8.92. The molecule has 0 fully saturated rings. The van der Waals surface area contributed by atoms with Crippen LogP contribution in [0.4, 0.5) is 0 Å². The molecule has 1 atom stereocenters. The van der Waals surface area contributed by atoms with E-state index in [-0.39, 0.29) is 11.3 Å². The molecule has 5 rings (SSSR count). The smallest absolute Gasteiger partial charge is 0.271 e. The van der Waals surface area contributed by atoms with Crippen molar-refractivity contribution in [1.82, 2.24) is 4.57 Å². The zero-order chi connectivity index (χ0) is 21.5. The Kier molecular flexibility index (Phi) is 4.94. The highest BCUT2D eigenvalue weighted by molar-refractivity contribution is 7.07. The van der Waals surface area contributed by atoms with Gasteiger partial charge < -0.3 is 4.74 Å². The lowest BCUT2D eigenvalue weighted by Gasteiger charge is -2.28. The van der Waals surface area contributed by atoms with Crippen LogP contribution in [0.3, 0.4) is 0 Å². The second-order valence-electron chi connectivity index (χ2n) is 7.91. The lowest BCUT2D eigenvalue weighted by Crippen LogP contribution is -2.40. The number of hydrogen-bond donors (Lipinski definition) is 0. The zero-order valence-electron chi connectivity index (χ0n) is 17.4. The van der Waals surface area contributed by atoms with Crippen LogP contribution < -0.4 is 19.6 Å². The molecule has 0 bridgehead atoms. The van der Waals surface area contributed by atoms with Gasteiger partial charge in [0.05, 0.1) is 23.4 Å². The maximum Gasteiger partial charge on any atom is 0.271 e. The molecule has 0 radical (unpaired) electrons. The Morgan fingerprint density at radius 2 is 1.94 bits per heavy atom. The Morgan fingerprint density at radius 1 is 1.13 bits per heavy atom. The molecule has 0 spiro atoms. The predicted octanol–water partition coefficient (Wildman–Crippen LogP) is 3.29. The fourth-order valence-corrected chi connectivity index (χ4v) is 5.34. The van der Waals surface area contributed by atoms with E-state index in [1.807, 2.05) is 61.5 Å². The van der Waals surface area contributed by atoms with Crippen molar-refractivity contribution in [3.8, 4) is 5.75 Å². The minimum absolute atomic E-state index is 0.0822. The molecule has 2 aliphatic rings. The molecule has 3 aromatic rings. The van der Waals surface area contributed by atoms with E-state index in [0.717, 1.165) is 41.0 Å². The third-order valence-electron chi connectivity index (χ3n) is 5.80. The molecule has 0 amide bonds. The standard InChI is InChI=1S/C25H22N2O3S/c1-15-5-3-6-16(13-15)14-21-24(29)27-23(17-9-11-18(30-2)12-10-17)22-19(26-25(27)31-21)7-4-8-20(22)28/h3,5-6,9-14,23H,4,7-8H2,1-2H3. The molecule has 5 nitrogen and oxygen atoms in total. The maximum atomic E-state index is 13.5. The summed E-state index contributed by atoms with van der Waals surface area (Å²) in [4.78, 5) is 31.9. The van der Waals surface area contributed by atoms with Crippen molar-refractivity contribution in [2.24, 2.45) is 4.99 Å². The summed E-state index contributed by atoms with van der Waals surface area (Å²) >= 11 is 1.38. The van der Waals surface area contributed by atoms with Gasteiger partial charge in [0.15, 0.2) is 10.6 Å². The van der Waals surface area contributed by atoms with Crippen LogP contribution in [0.15, 0.2) is 69.6 Å². The molecule has 31 heavy (non-hydrogen) atoms. The van der Waals surface area contributed by atoms with Crippen molar-refractivity contribution in [3.63, 3.8) is 0 Å². The molecule has 2 heterocycles. The first kappa shape index (κ1) is 19.7. The number of rotatable bonds is 3. The fourth-order valence-electron chi connectivity index (χ4n) is 4.32. The first-order chi connectivity index (χ1) is 15.0. The quantitative estimate of drug-likeness (QED) is 0.641. The molecule has 0 N–H and O–H groups in total. The first-order valence-corrected chi connectivity index (χ1v) is 11.2. The predicted molar refractivity (Wildman–Crippen MR) is 121 cm³/mol. The summed E-state index contributed by atoms with van der Waals surface area (Å²) in [5.41, 5.74) is 4.37. The summed E-state index contributed by atoms with van der Waals surface area (Å²) in [7, 11) is 1.62. The number of hydrogen-bond acceptors (Lipinski definition) is 5. The third kappa shape index (κ3) is 3.47. The van der Waals surface area contributed by atoms with Crippen LogP contribution in [0.2, 0.25) is 0 Å². The van der Waals surface area contributed by atoms with E-state index in [9.17, 15) is 9.59 Å².